The van der Waals surface area contributed by atoms with E-state index in [0.717, 1.165) is 19.4 Å². The molecule has 0 aromatic rings. The molecule has 6 nitrogen and oxygen atoms in total. The summed E-state index contributed by atoms with van der Waals surface area (Å²) in [5.74, 6) is -0.364. The summed E-state index contributed by atoms with van der Waals surface area (Å²) in [5.41, 5.74) is 0. The molecule has 0 aliphatic carbocycles. The van der Waals surface area contributed by atoms with Crippen LogP contribution in [-0.2, 0) is 14.8 Å². The number of sulfonamides is 1. The average Bonchev–Trinajstić information content (AvgIpc) is 2.53. The monoisotopic (exact) mass is 221 g/mol. The smallest absolute Gasteiger partial charge is 0.237 e. The third-order valence-corrected chi connectivity index (χ3v) is 2.84. The van der Waals surface area contributed by atoms with Crippen molar-refractivity contribution in [2.24, 2.45) is 5.14 Å². The SMILES string of the molecule is NS(=O)(=O)CCNC(=O)[C@@H]1CCCN1. The molecule has 82 valence electrons. The van der Waals surface area contributed by atoms with Gasteiger partial charge < -0.3 is 10.6 Å². The van der Waals surface area contributed by atoms with Crippen LogP contribution in [0, 0.1) is 0 Å². The Balaban J connectivity index is 2.21. The van der Waals surface area contributed by atoms with Crippen LogP contribution in [-0.4, -0.2) is 39.2 Å². The van der Waals surface area contributed by atoms with Gasteiger partial charge in [0.1, 0.15) is 0 Å². The second-order valence-electron chi connectivity index (χ2n) is 3.31. The highest BCUT2D eigenvalue weighted by molar-refractivity contribution is 7.89. The third-order valence-electron chi connectivity index (χ3n) is 2.06. The van der Waals surface area contributed by atoms with E-state index in [-0.39, 0.29) is 24.2 Å². The molecular formula is C7H15N3O3S. The first kappa shape index (κ1) is 11.4. The number of hydrogen-bond donors (Lipinski definition) is 3. The predicted molar refractivity (Wildman–Crippen MR) is 52.0 cm³/mol. The Morgan fingerprint density at radius 1 is 1.57 bits per heavy atom. The highest BCUT2D eigenvalue weighted by atomic mass is 32.2. The second-order valence-corrected chi connectivity index (χ2v) is 5.04. The van der Waals surface area contributed by atoms with Crippen molar-refractivity contribution in [3.05, 3.63) is 0 Å². The molecule has 1 amide bonds. The Hall–Kier alpha value is -0.660. The number of carbonyl (C=O) groups is 1. The molecule has 1 heterocycles. The first-order valence-electron chi connectivity index (χ1n) is 4.50. The molecule has 1 aliphatic heterocycles. The van der Waals surface area contributed by atoms with Gasteiger partial charge in [0.05, 0.1) is 11.8 Å². The molecule has 0 unspecified atom stereocenters. The molecule has 0 aromatic carbocycles. The molecule has 1 rings (SSSR count). The lowest BCUT2D eigenvalue weighted by Gasteiger charge is -2.09. The fourth-order valence-electron chi connectivity index (χ4n) is 1.35. The van der Waals surface area contributed by atoms with Crippen molar-refractivity contribution in [2.45, 2.75) is 18.9 Å². The largest absolute Gasteiger partial charge is 0.354 e. The summed E-state index contributed by atoms with van der Waals surface area (Å²) in [4.78, 5) is 11.3. The number of rotatable bonds is 4. The minimum absolute atomic E-state index is 0.0792. The van der Waals surface area contributed by atoms with Gasteiger partial charge in [-0.05, 0) is 19.4 Å². The van der Waals surface area contributed by atoms with Gasteiger partial charge in [-0.25, -0.2) is 13.6 Å². The van der Waals surface area contributed by atoms with Crippen LogP contribution in [0.4, 0.5) is 0 Å². The van der Waals surface area contributed by atoms with Crippen molar-refractivity contribution in [1.29, 1.82) is 0 Å². The summed E-state index contributed by atoms with van der Waals surface area (Å²) in [6.07, 6.45) is 1.79. The Labute approximate surface area is 83.3 Å². The molecule has 1 fully saturated rings. The van der Waals surface area contributed by atoms with Crippen molar-refractivity contribution >= 4 is 15.9 Å². The van der Waals surface area contributed by atoms with Crippen molar-refractivity contribution in [3.63, 3.8) is 0 Å². The lowest BCUT2D eigenvalue weighted by molar-refractivity contribution is -0.122. The van der Waals surface area contributed by atoms with E-state index in [0.29, 0.717) is 0 Å². The molecule has 0 bridgehead atoms. The van der Waals surface area contributed by atoms with Crippen LogP contribution in [0.15, 0.2) is 0 Å². The van der Waals surface area contributed by atoms with Crippen LogP contribution in [0.2, 0.25) is 0 Å². The molecule has 4 N–H and O–H groups in total. The van der Waals surface area contributed by atoms with Crippen molar-refractivity contribution in [1.82, 2.24) is 10.6 Å². The summed E-state index contributed by atoms with van der Waals surface area (Å²) in [6, 6.07) is -0.171. The van der Waals surface area contributed by atoms with Crippen LogP contribution < -0.4 is 15.8 Å². The third kappa shape index (κ3) is 4.03. The highest BCUT2D eigenvalue weighted by Gasteiger charge is 2.21. The molecular weight excluding hydrogens is 206 g/mol. The standard InChI is InChI=1S/C7H15N3O3S/c8-14(12,13)5-4-10-7(11)6-2-1-3-9-6/h6,9H,1-5H2,(H,10,11)(H2,8,12,13)/t6-/m0/s1. The van der Waals surface area contributed by atoms with Gasteiger partial charge >= 0.3 is 0 Å². The summed E-state index contributed by atoms with van der Waals surface area (Å²) < 4.78 is 21.1. The van der Waals surface area contributed by atoms with Gasteiger partial charge in [0, 0.05) is 6.54 Å². The van der Waals surface area contributed by atoms with Crippen LogP contribution in [0.25, 0.3) is 0 Å². The van der Waals surface area contributed by atoms with Crippen molar-refractivity contribution in [2.75, 3.05) is 18.8 Å². The first-order valence-corrected chi connectivity index (χ1v) is 6.22. The molecule has 1 saturated heterocycles. The lowest BCUT2D eigenvalue weighted by atomic mass is 10.2. The van der Waals surface area contributed by atoms with E-state index in [1.54, 1.807) is 0 Å². The van der Waals surface area contributed by atoms with E-state index in [2.05, 4.69) is 10.6 Å². The summed E-state index contributed by atoms with van der Waals surface area (Å²) >= 11 is 0. The normalized spacial score (nSPS) is 22.2. The summed E-state index contributed by atoms with van der Waals surface area (Å²) in [7, 11) is -3.48. The molecule has 7 heteroatoms. The number of amides is 1. The minimum atomic E-state index is -3.48. The quantitative estimate of drug-likeness (QED) is 0.518. The fraction of sp³-hybridized carbons (Fsp3) is 0.857. The van der Waals surface area contributed by atoms with E-state index in [1.165, 1.54) is 0 Å². The Kier molecular flexibility index (Phi) is 3.85. The Morgan fingerprint density at radius 3 is 2.79 bits per heavy atom. The minimum Gasteiger partial charge on any atom is -0.354 e. The van der Waals surface area contributed by atoms with Gasteiger partial charge in [0.2, 0.25) is 15.9 Å². The van der Waals surface area contributed by atoms with Gasteiger partial charge in [0.25, 0.3) is 0 Å². The maximum atomic E-state index is 11.3. The van der Waals surface area contributed by atoms with Crippen LogP contribution >= 0.6 is 0 Å². The maximum absolute atomic E-state index is 11.3. The number of nitrogens with two attached hydrogens (primary N) is 1. The lowest BCUT2D eigenvalue weighted by Crippen LogP contribution is -2.42. The molecule has 14 heavy (non-hydrogen) atoms. The second kappa shape index (κ2) is 4.72. The zero-order chi connectivity index (χ0) is 10.6. The van der Waals surface area contributed by atoms with Crippen molar-refractivity contribution < 1.29 is 13.2 Å². The molecule has 0 radical (unpaired) electrons. The van der Waals surface area contributed by atoms with E-state index in [4.69, 9.17) is 5.14 Å². The number of primary sulfonamides is 1. The molecule has 0 aromatic heterocycles. The predicted octanol–water partition coefficient (Wildman–Crippen LogP) is -1.86. The average molecular weight is 221 g/mol. The molecule has 0 spiro atoms. The van der Waals surface area contributed by atoms with Gasteiger partial charge in [-0.2, -0.15) is 0 Å². The van der Waals surface area contributed by atoms with Crippen LogP contribution in [0.3, 0.4) is 0 Å². The highest BCUT2D eigenvalue weighted by Crippen LogP contribution is 2.03. The summed E-state index contributed by atoms with van der Waals surface area (Å²) in [6.45, 7) is 0.920. The number of nitrogens with one attached hydrogen (secondary N) is 2. The zero-order valence-corrected chi connectivity index (χ0v) is 8.64. The number of hydrogen-bond acceptors (Lipinski definition) is 4. The zero-order valence-electron chi connectivity index (χ0n) is 7.82. The fourth-order valence-corrected chi connectivity index (χ4v) is 1.73. The van der Waals surface area contributed by atoms with E-state index in [9.17, 15) is 13.2 Å². The van der Waals surface area contributed by atoms with Gasteiger partial charge in [0.15, 0.2) is 0 Å². The van der Waals surface area contributed by atoms with Crippen LogP contribution in [0.1, 0.15) is 12.8 Å². The summed E-state index contributed by atoms with van der Waals surface area (Å²) in [5, 5.41) is 10.3. The Morgan fingerprint density at radius 2 is 2.29 bits per heavy atom. The van der Waals surface area contributed by atoms with E-state index in [1.807, 2.05) is 0 Å². The van der Waals surface area contributed by atoms with Crippen LogP contribution in [0.5, 0.6) is 0 Å². The molecule has 1 aliphatic rings. The van der Waals surface area contributed by atoms with Gasteiger partial charge in [-0.1, -0.05) is 0 Å². The molecule has 1 atom stereocenters. The Bertz CT molecular complexity index is 295. The van der Waals surface area contributed by atoms with Gasteiger partial charge in [-0.3, -0.25) is 4.79 Å². The topological polar surface area (TPSA) is 101 Å². The van der Waals surface area contributed by atoms with Crippen molar-refractivity contribution in [3.8, 4) is 0 Å². The molecule has 0 saturated carbocycles. The first-order chi connectivity index (χ1) is 6.49. The maximum Gasteiger partial charge on any atom is 0.237 e. The van der Waals surface area contributed by atoms with E-state index >= 15 is 0 Å². The van der Waals surface area contributed by atoms with E-state index < -0.39 is 10.0 Å². The number of carbonyl (C=O) groups excluding carboxylic acids is 1. The van der Waals surface area contributed by atoms with Gasteiger partial charge in [-0.15, -0.1) is 0 Å².